The first-order valence-corrected chi connectivity index (χ1v) is 6.86. The van der Waals surface area contributed by atoms with Gasteiger partial charge in [-0.25, -0.2) is 8.78 Å². The summed E-state index contributed by atoms with van der Waals surface area (Å²) in [5.41, 5.74) is 1.84. The number of aromatic nitrogens is 1. The van der Waals surface area contributed by atoms with E-state index in [4.69, 9.17) is 4.74 Å². The van der Waals surface area contributed by atoms with Crippen molar-refractivity contribution in [2.24, 2.45) is 0 Å². The molecule has 1 aromatic carbocycles. The Morgan fingerprint density at radius 1 is 1.14 bits per heavy atom. The molecule has 1 N–H and O–H groups in total. The van der Waals surface area contributed by atoms with E-state index in [-0.39, 0.29) is 11.7 Å². The second-order valence-corrected chi connectivity index (χ2v) is 4.90. The van der Waals surface area contributed by atoms with Gasteiger partial charge < -0.3 is 10.1 Å². The van der Waals surface area contributed by atoms with E-state index in [0.29, 0.717) is 12.3 Å². The van der Waals surface area contributed by atoms with Gasteiger partial charge in [0.2, 0.25) is 0 Å². The zero-order chi connectivity index (χ0) is 15.4. The van der Waals surface area contributed by atoms with E-state index in [1.807, 2.05) is 32.9 Å². The van der Waals surface area contributed by atoms with Crippen LogP contribution in [0.4, 0.5) is 14.6 Å². The molecule has 0 saturated heterocycles. The van der Waals surface area contributed by atoms with E-state index in [1.54, 1.807) is 6.07 Å². The minimum atomic E-state index is -0.824. The molecule has 0 fully saturated rings. The van der Waals surface area contributed by atoms with Gasteiger partial charge in [-0.15, -0.1) is 0 Å². The lowest BCUT2D eigenvalue weighted by molar-refractivity contribution is 0.415. The number of pyridine rings is 1. The van der Waals surface area contributed by atoms with Gasteiger partial charge in [-0.2, -0.15) is 4.98 Å². The van der Waals surface area contributed by atoms with Crippen LogP contribution in [-0.4, -0.2) is 11.5 Å². The molecule has 5 heteroatoms. The maximum Gasteiger partial charge on any atom is 0.258 e. The molecule has 0 spiro atoms. The highest BCUT2D eigenvalue weighted by molar-refractivity contribution is 5.43. The van der Waals surface area contributed by atoms with Gasteiger partial charge in [-0.3, -0.25) is 0 Å². The average molecular weight is 292 g/mol. The molecule has 0 atom stereocenters. The lowest BCUT2D eigenvalue weighted by Crippen LogP contribution is -2.06. The Balaban J connectivity index is 2.32. The Hall–Kier alpha value is -2.17. The summed E-state index contributed by atoms with van der Waals surface area (Å²) in [4.78, 5) is 3.89. The first kappa shape index (κ1) is 15.2. The standard InChI is InChI=1S/C16H18F2N2O/c1-4-7-19-15-12(17)9-13(18)16(20-15)21-14-8-10(2)5-6-11(14)3/h5-6,8-9H,4,7H2,1-3H3,(H,19,20). The highest BCUT2D eigenvalue weighted by Gasteiger charge is 2.14. The number of ether oxygens (including phenoxy) is 1. The lowest BCUT2D eigenvalue weighted by atomic mass is 10.1. The third kappa shape index (κ3) is 3.68. The summed E-state index contributed by atoms with van der Waals surface area (Å²) < 4.78 is 32.9. The number of anilines is 1. The fourth-order valence-corrected chi connectivity index (χ4v) is 1.81. The van der Waals surface area contributed by atoms with Crippen LogP contribution < -0.4 is 10.1 Å². The number of halogens is 2. The van der Waals surface area contributed by atoms with Crippen LogP contribution in [-0.2, 0) is 0 Å². The number of benzene rings is 1. The van der Waals surface area contributed by atoms with Gasteiger partial charge in [0.1, 0.15) is 5.75 Å². The predicted octanol–water partition coefficient (Wildman–Crippen LogP) is 4.59. The van der Waals surface area contributed by atoms with Crippen LogP contribution >= 0.6 is 0 Å². The summed E-state index contributed by atoms with van der Waals surface area (Å²) in [6.45, 7) is 6.27. The lowest BCUT2D eigenvalue weighted by Gasteiger charge is -2.12. The second-order valence-electron chi connectivity index (χ2n) is 4.90. The molecule has 1 aromatic heterocycles. The molecule has 21 heavy (non-hydrogen) atoms. The van der Waals surface area contributed by atoms with Crippen molar-refractivity contribution in [2.75, 3.05) is 11.9 Å². The Labute approximate surface area is 123 Å². The van der Waals surface area contributed by atoms with Gasteiger partial charge in [0.25, 0.3) is 5.88 Å². The van der Waals surface area contributed by atoms with Crippen LogP contribution in [0.3, 0.4) is 0 Å². The van der Waals surface area contributed by atoms with Gasteiger partial charge in [0.15, 0.2) is 17.5 Å². The van der Waals surface area contributed by atoms with Crippen LogP contribution in [0, 0.1) is 25.5 Å². The topological polar surface area (TPSA) is 34.2 Å². The molecule has 1 heterocycles. The van der Waals surface area contributed by atoms with E-state index in [2.05, 4.69) is 10.3 Å². The molecule has 0 bridgehead atoms. The molecule has 0 unspecified atom stereocenters. The van der Waals surface area contributed by atoms with E-state index in [9.17, 15) is 8.78 Å². The average Bonchev–Trinajstić information content (AvgIpc) is 2.44. The molecular formula is C16H18F2N2O. The van der Waals surface area contributed by atoms with Crippen molar-refractivity contribution in [1.29, 1.82) is 0 Å². The molecule has 0 radical (unpaired) electrons. The summed E-state index contributed by atoms with van der Waals surface area (Å²) >= 11 is 0. The van der Waals surface area contributed by atoms with Crippen molar-refractivity contribution in [3.05, 3.63) is 47.0 Å². The zero-order valence-corrected chi connectivity index (χ0v) is 12.3. The summed E-state index contributed by atoms with van der Waals surface area (Å²) in [5.74, 6) is -1.28. The Morgan fingerprint density at radius 3 is 2.62 bits per heavy atom. The number of hydrogen-bond acceptors (Lipinski definition) is 3. The van der Waals surface area contributed by atoms with E-state index in [0.717, 1.165) is 23.6 Å². The highest BCUT2D eigenvalue weighted by atomic mass is 19.1. The van der Waals surface area contributed by atoms with Crippen molar-refractivity contribution >= 4 is 5.82 Å². The molecule has 0 aliphatic rings. The summed E-state index contributed by atoms with van der Waals surface area (Å²) in [7, 11) is 0. The molecule has 0 aliphatic carbocycles. The van der Waals surface area contributed by atoms with Crippen LogP contribution in [0.5, 0.6) is 11.6 Å². The van der Waals surface area contributed by atoms with E-state index in [1.165, 1.54) is 0 Å². The number of aryl methyl sites for hydroxylation is 2. The van der Waals surface area contributed by atoms with Crippen LogP contribution in [0.25, 0.3) is 0 Å². The van der Waals surface area contributed by atoms with Gasteiger partial charge in [0, 0.05) is 12.6 Å². The van der Waals surface area contributed by atoms with Gasteiger partial charge in [0.05, 0.1) is 0 Å². The van der Waals surface area contributed by atoms with Crippen molar-refractivity contribution in [3.8, 4) is 11.6 Å². The van der Waals surface area contributed by atoms with E-state index < -0.39 is 11.6 Å². The second kappa shape index (κ2) is 6.52. The van der Waals surface area contributed by atoms with Crippen LogP contribution in [0.15, 0.2) is 24.3 Å². The van der Waals surface area contributed by atoms with Crippen LogP contribution in [0.2, 0.25) is 0 Å². The number of hydrogen-bond donors (Lipinski definition) is 1. The number of rotatable bonds is 5. The smallest absolute Gasteiger partial charge is 0.258 e. The highest BCUT2D eigenvalue weighted by Crippen LogP contribution is 2.28. The summed E-state index contributed by atoms with van der Waals surface area (Å²) in [5, 5.41) is 2.81. The van der Waals surface area contributed by atoms with Crippen LogP contribution in [0.1, 0.15) is 24.5 Å². The summed E-state index contributed by atoms with van der Waals surface area (Å²) in [6, 6.07) is 6.39. The minimum absolute atomic E-state index is 0.00134. The monoisotopic (exact) mass is 292 g/mol. The van der Waals surface area contributed by atoms with Gasteiger partial charge in [-0.05, 0) is 37.5 Å². The Kier molecular flexibility index (Phi) is 4.73. The van der Waals surface area contributed by atoms with Crippen molar-refractivity contribution in [3.63, 3.8) is 0 Å². The third-order valence-corrected chi connectivity index (χ3v) is 2.99. The number of nitrogens with zero attached hydrogens (tertiary/aromatic N) is 1. The largest absolute Gasteiger partial charge is 0.436 e. The molecule has 0 aliphatic heterocycles. The quantitative estimate of drug-likeness (QED) is 0.875. The van der Waals surface area contributed by atoms with Crippen molar-refractivity contribution < 1.29 is 13.5 Å². The minimum Gasteiger partial charge on any atom is -0.436 e. The first-order chi connectivity index (χ1) is 10.0. The molecule has 2 aromatic rings. The molecule has 2 rings (SSSR count). The molecular weight excluding hydrogens is 274 g/mol. The normalized spacial score (nSPS) is 10.5. The Bertz CT molecular complexity index is 644. The van der Waals surface area contributed by atoms with Gasteiger partial charge >= 0.3 is 0 Å². The Morgan fingerprint density at radius 2 is 1.90 bits per heavy atom. The maximum atomic E-state index is 13.8. The SMILES string of the molecule is CCCNc1nc(Oc2cc(C)ccc2C)c(F)cc1F. The number of nitrogens with one attached hydrogen (secondary N) is 1. The molecule has 0 saturated carbocycles. The molecule has 3 nitrogen and oxygen atoms in total. The fraction of sp³-hybridized carbons (Fsp3) is 0.312. The molecule has 112 valence electrons. The van der Waals surface area contributed by atoms with Crippen molar-refractivity contribution in [1.82, 2.24) is 4.98 Å². The first-order valence-electron chi connectivity index (χ1n) is 6.86. The zero-order valence-electron chi connectivity index (χ0n) is 12.3. The van der Waals surface area contributed by atoms with Gasteiger partial charge in [-0.1, -0.05) is 19.1 Å². The third-order valence-electron chi connectivity index (χ3n) is 2.99. The fourth-order valence-electron chi connectivity index (χ4n) is 1.81. The summed E-state index contributed by atoms with van der Waals surface area (Å²) in [6.07, 6.45) is 0.811. The van der Waals surface area contributed by atoms with Crippen molar-refractivity contribution in [2.45, 2.75) is 27.2 Å². The predicted molar refractivity (Wildman–Crippen MR) is 78.9 cm³/mol. The molecule has 0 amide bonds. The van der Waals surface area contributed by atoms with E-state index >= 15 is 0 Å². The maximum absolute atomic E-state index is 13.8.